The van der Waals surface area contributed by atoms with Crippen molar-refractivity contribution in [2.45, 2.75) is 19.9 Å². The summed E-state index contributed by atoms with van der Waals surface area (Å²) in [5, 5.41) is 3.34. The number of hydrogen-bond donors (Lipinski definition) is 1. The largest absolute Gasteiger partial charge is 0.494 e. The Morgan fingerprint density at radius 1 is 1.29 bits per heavy atom. The molecule has 0 saturated heterocycles. The molecule has 0 heterocycles. The molecular formula is C17H19BrFNO. The fraction of sp³-hybridized carbons (Fsp3) is 0.294. The van der Waals surface area contributed by atoms with Crippen LogP contribution in [-0.2, 0) is 0 Å². The quantitative estimate of drug-likeness (QED) is 0.849. The molecule has 0 aliphatic rings. The summed E-state index contributed by atoms with van der Waals surface area (Å²) in [6, 6.07) is 11.1. The van der Waals surface area contributed by atoms with Gasteiger partial charge in [0.25, 0.3) is 0 Å². The summed E-state index contributed by atoms with van der Waals surface area (Å²) < 4.78 is 20.7. The average molecular weight is 352 g/mol. The van der Waals surface area contributed by atoms with Crippen LogP contribution in [0.15, 0.2) is 40.9 Å². The van der Waals surface area contributed by atoms with Crippen LogP contribution in [0, 0.1) is 12.7 Å². The Balaban J connectivity index is 2.50. The van der Waals surface area contributed by atoms with Gasteiger partial charge < -0.3 is 10.1 Å². The van der Waals surface area contributed by atoms with E-state index >= 15 is 0 Å². The van der Waals surface area contributed by atoms with E-state index in [1.54, 1.807) is 12.1 Å². The Hall–Kier alpha value is -1.39. The number of nitrogens with one attached hydrogen (secondary N) is 1. The van der Waals surface area contributed by atoms with E-state index in [1.165, 1.54) is 7.11 Å². The smallest absolute Gasteiger partial charge is 0.170 e. The Labute approximate surface area is 133 Å². The summed E-state index contributed by atoms with van der Waals surface area (Å²) in [6.07, 6.45) is 0. The zero-order valence-electron chi connectivity index (χ0n) is 12.4. The third kappa shape index (κ3) is 3.44. The lowest BCUT2D eigenvalue weighted by atomic mass is 9.96. The fourth-order valence-corrected chi connectivity index (χ4v) is 2.61. The van der Waals surface area contributed by atoms with E-state index in [1.807, 2.05) is 32.0 Å². The molecular weight excluding hydrogens is 333 g/mol. The predicted molar refractivity (Wildman–Crippen MR) is 87.4 cm³/mol. The van der Waals surface area contributed by atoms with Gasteiger partial charge in [-0.2, -0.15) is 0 Å². The van der Waals surface area contributed by atoms with Crippen LogP contribution < -0.4 is 10.1 Å². The zero-order chi connectivity index (χ0) is 15.4. The summed E-state index contributed by atoms with van der Waals surface area (Å²) in [4.78, 5) is 0. The zero-order valence-corrected chi connectivity index (χ0v) is 14.0. The molecule has 112 valence electrons. The number of benzene rings is 2. The Morgan fingerprint density at radius 3 is 2.67 bits per heavy atom. The van der Waals surface area contributed by atoms with Gasteiger partial charge in [-0.15, -0.1) is 0 Å². The highest BCUT2D eigenvalue weighted by atomic mass is 79.9. The molecule has 2 nitrogen and oxygen atoms in total. The summed E-state index contributed by atoms with van der Waals surface area (Å²) in [7, 11) is 1.48. The first-order chi connectivity index (χ1) is 10.1. The maximum absolute atomic E-state index is 14.5. The molecule has 0 radical (unpaired) electrons. The summed E-state index contributed by atoms with van der Waals surface area (Å²) >= 11 is 3.50. The van der Waals surface area contributed by atoms with Gasteiger partial charge in [0.15, 0.2) is 11.6 Å². The van der Waals surface area contributed by atoms with Crippen molar-refractivity contribution in [3.63, 3.8) is 0 Å². The van der Waals surface area contributed by atoms with Crippen molar-refractivity contribution in [3.05, 3.63) is 63.4 Å². The SMILES string of the molecule is CCNC(c1ccc(Br)c(C)c1)c1cccc(OC)c1F. The Kier molecular flexibility index (Phi) is 5.37. The van der Waals surface area contributed by atoms with Crippen LogP contribution >= 0.6 is 15.9 Å². The predicted octanol–water partition coefficient (Wildman–Crippen LogP) is 4.60. The maximum Gasteiger partial charge on any atom is 0.170 e. The average Bonchev–Trinajstić information content (AvgIpc) is 2.48. The monoisotopic (exact) mass is 351 g/mol. The van der Waals surface area contributed by atoms with Gasteiger partial charge in [0.2, 0.25) is 0 Å². The first-order valence-corrected chi connectivity index (χ1v) is 7.69. The fourth-order valence-electron chi connectivity index (χ4n) is 2.37. The normalized spacial score (nSPS) is 12.2. The van der Waals surface area contributed by atoms with E-state index in [4.69, 9.17) is 4.74 Å². The molecule has 0 aromatic heterocycles. The molecule has 2 aromatic rings. The van der Waals surface area contributed by atoms with Crippen LogP contribution in [0.3, 0.4) is 0 Å². The highest BCUT2D eigenvalue weighted by Crippen LogP contribution is 2.31. The number of rotatable bonds is 5. The van der Waals surface area contributed by atoms with Crippen LogP contribution in [0.1, 0.15) is 29.7 Å². The van der Waals surface area contributed by atoms with Crippen molar-refractivity contribution in [3.8, 4) is 5.75 Å². The summed E-state index contributed by atoms with van der Waals surface area (Å²) in [6.45, 7) is 4.78. The van der Waals surface area contributed by atoms with E-state index in [0.29, 0.717) is 5.56 Å². The highest BCUT2D eigenvalue weighted by molar-refractivity contribution is 9.10. The van der Waals surface area contributed by atoms with Gasteiger partial charge in [-0.25, -0.2) is 4.39 Å². The lowest BCUT2D eigenvalue weighted by Crippen LogP contribution is -2.23. The van der Waals surface area contributed by atoms with Gasteiger partial charge in [-0.05, 0) is 36.7 Å². The molecule has 0 aliphatic heterocycles. The first kappa shape index (κ1) is 16.0. The van der Waals surface area contributed by atoms with Gasteiger partial charge in [0.1, 0.15) is 0 Å². The third-order valence-corrected chi connectivity index (χ3v) is 4.34. The molecule has 0 spiro atoms. The number of hydrogen-bond acceptors (Lipinski definition) is 2. The maximum atomic E-state index is 14.5. The Morgan fingerprint density at radius 2 is 2.05 bits per heavy atom. The minimum absolute atomic E-state index is 0.197. The molecule has 0 aliphatic carbocycles. The van der Waals surface area contributed by atoms with Crippen LogP contribution in [0.2, 0.25) is 0 Å². The van der Waals surface area contributed by atoms with Crippen LogP contribution in [0.25, 0.3) is 0 Å². The number of aryl methyl sites for hydroxylation is 1. The molecule has 1 unspecified atom stereocenters. The molecule has 0 amide bonds. The van der Waals surface area contributed by atoms with Crippen molar-refractivity contribution >= 4 is 15.9 Å². The van der Waals surface area contributed by atoms with Crippen LogP contribution in [-0.4, -0.2) is 13.7 Å². The summed E-state index contributed by atoms with van der Waals surface area (Å²) in [5.41, 5.74) is 2.75. The molecule has 0 saturated carbocycles. The van der Waals surface area contributed by atoms with Gasteiger partial charge in [0, 0.05) is 10.0 Å². The first-order valence-electron chi connectivity index (χ1n) is 6.90. The second kappa shape index (κ2) is 7.05. The van der Waals surface area contributed by atoms with Crippen molar-refractivity contribution in [1.82, 2.24) is 5.32 Å². The molecule has 21 heavy (non-hydrogen) atoms. The molecule has 1 N–H and O–H groups in total. The van der Waals surface area contributed by atoms with E-state index in [9.17, 15) is 4.39 Å². The van der Waals surface area contributed by atoms with Crippen LogP contribution in [0.4, 0.5) is 4.39 Å². The van der Waals surface area contributed by atoms with Gasteiger partial charge in [-0.3, -0.25) is 0 Å². The molecule has 4 heteroatoms. The number of methoxy groups -OCH3 is 1. The lowest BCUT2D eigenvalue weighted by Gasteiger charge is -2.21. The molecule has 1 atom stereocenters. The van der Waals surface area contributed by atoms with E-state index in [-0.39, 0.29) is 17.6 Å². The van der Waals surface area contributed by atoms with Crippen LogP contribution in [0.5, 0.6) is 5.75 Å². The topological polar surface area (TPSA) is 21.3 Å². The van der Waals surface area contributed by atoms with E-state index < -0.39 is 0 Å². The van der Waals surface area contributed by atoms with Crippen molar-refractivity contribution in [2.24, 2.45) is 0 Å². The Bertz CT molecular complexity index is 630. The second-order valence-electron chi connectivity index (χ2n) is 4.86. The van der Waals surface area contributed by atoms with Gasteiger partial charge in [-0.1, -0.05) is 47.1 Å². The lowest BCUT2D eigenvalue weighted by molar-refractivity contribution is 0.381. The third-order valence-electron chi connectivity index (χ3n) is 3.45. The molecule has 2 rings (SSSR count). The molecule has 0 bridgehead atoms. The van der Waals surface area contributed by atoms with Crippen molar-refractivity contribution < 1.29 is 9.13 Å². The van der Waals surface area contributed by atoms with E-state index in [0.717, 1.165) is 22.1 Å². The standard InChI is InChI=1S/C17H19BrFNO/c1-4-20-17(12-8-9-14(18)11(2)10-12)13-6-5-7-15(21-3)16(13)19/h5-10,17,20H,4H2,1-3H3. The van der Waals surface area contributed by atoms with Crippen molar-refractivity contribution in [1.29, 1.82) is 0 Å². The summed E-state index contributed by atoms with van der Waals surface area (Å²) in [5.74, 6) is -0.0456. The second-order valence-corrected chi connectivity index (χ2v) is 5.72. The molecule has 2 aromatic carbocycles. The number of halogens is 2. The molecule has 0 fully saturated rings. The van der Waals surface area contributed by atoms with Gasteiger partial charge in [0.05, 0.1) is 13.2 Å². The highest BCUT2D eigenvalue weighted by Gasteiger charge is 2.19. The van der Waals surface area contributed by atoms with Gasteiger partial charge >= 0.3 is 0 Å². The number of ether oxygens (including phenoxy) is 1. The van der Waals surface area contributed by atoms with Crippen molar-refractivity contribution in [2.75, 3.05) is 13.7 Å². The minimum Gasteiger partial charge on any atom is -0.494 e. The minimum atomic E-state index is -0.313. The van der Waals surface area contributed by atoms with E-state index in [2.05, 4.69) is 27.3 Å².